The summed E-state index contributed by atoms with van der Waals surface area (Å²) in [6.45, 7) is 6.67. The molecule has 0 amide bonds. The summed E-state index contributed by atoms with van der Waals surface area (Å²) in [6, 6.07) is 3.62. The highest BCUT2D eigenvalue weighted by molar-refractivity contribution is 9.10. The van der Waals surface area contributed by atoms with Gasteiger partial charge in [0.25, 0.3) is 0 Å². The Morgan fingerprint density at radius 3 is 2.76 bits per heavy atom. The van der Waals surface area contributed by atoms with Crippen LogP contribution in [0.2, 0.25) is 0 Å². The molecule has 1 heterocycles. The smallest absolute Gasteiger partial charge is 0.335 e. The molecule has 0 aliphatic carbocycles. The molecule has 0 N–H and O–H groups in total. The van der Waals surface area contributed by atoms with Crippen LogP contribution in [0.3, 0.4) is 0 Å². The SMILES string of the molecule is C=CCOC(C)C(=O)OCc1cc2c(cc1Br)OCCO2. The van der Waals surface area contributed by atoms with Crippen LogP contribution < -0.4 is 9.47 Å². The molecule has 114 valence electrons. The number of hydrogen-bond donors (Lipinski definition) is 0. The number of carbonyl (C=O) groups excluding carboxylic acids is 1. The van der Waals surface area contributed by atoms with Gasteiger partial charge in [-0.25, -0.2) is 4.79 Å². The Kier molecular flexibility index (Phi) is 5.64. The maximum absolute atomic E-state index is 11.8. The average Bonchev–Trinajstić information content (AvgIpc) is 2.50. The topological polar surface area (TPSA) is 54.0 Å². The second kappa shape index (κ2) is 7.47. The van der Waals surface area contributed by atoms with Gasteiger partial charge >= 0.3 is 5.97 Å². The summed E-state index contributed by atoms with van der Waals surface area (Å²) in [5.41, 5.74) is 0.809. The molecule has 0 aromatic heterocycles. The van der Waals surface area contributed by atoms with Gasteiger partial charge in [0.1, 0.15) is 19.8 Å². The number of ether oxygens (including phenoxy) is 4. The maximum atomic E-state index is 11.8. The summed E-state index contributed by atoms with van der Waals surface area (Å²) in [6.07, 6.45) is 0.959. The van der Waals surface area contributed by atoms with E-state index < -0.39 is 12.1 Å². The van der Waals surface area contributed by atoms with Gasteiger partial charge in [-0.1, -0.05) is 22.0 Å². The molecule has 1 unspecified atom stereocenters. The molecule has 6 heteroatoms. The van der Waals surface area contributed by atoms with Crippen LogP contribution in [-0.4, -0.2) is 31.9 Å². The van der Waals surface area contributed by atoms with E-state index in [0.717, 1.165) is 10.0 Å². The third-order valence-corrected chi connectivity index (χ3v) is 3.62. The Hall–Kier alpha value is -1.53. The van der Waals surface area contributed by atoms with Gasteiger partial charge in [-0.2, -0.15) is 0 Å². The van der Waals surface area contributed by atoms with Crippen LogP contribution in [0.15, 0.2) is 29.3 Å². The number of rotatable bonds is 6. The minimum Gasteiger partial charge on any atom is -0.486 e. The molecule has 1 aromatic rings. The Morgan fingerprint density at radius 1 is 1.43 bits per heavy atom. The highest BCUT2D eigenvalue weighted by Crippen LogP contribution is 2.35. The minimum atomic E-state index is -0.626. The summed E-state index contributed by atoms with van der Waals surface area (Å²) in [7, 11) is 0. The molecule has 0 saturated carbocycles. The molecule has 0 bridgehead atoms. The molecule has 0 spiro atoms. The highest BCUT2D eigenvalue weighted by atomic mass is 79.9. The number of benzene rings is 1. The third kappa shape index (κ3) is 4.22. The van der Waals surface area contributed by atoms with E-state index in [9.17, 15) is 4.79 Å². The van der Waals surface area contributed by atoms with Gasteiger partial charge in [0.2, 0.25) is 0 Å². The molecule has 5 nitrogen and oxygen atoms in total. The van der Waals surface area contributed by atoms with Crippen molar-refractivity contribution in [1.82, 2.24) is 0 Å². The maximum Gasteiger partial charge on any atom is 0.335 e. The van der Waals surface area contributed by atoms with Crippen LogP contribution in [0.25, 0.3) is 0 Å². The molecule has 0 fully saturated rings. The van der Waals surface area contributed by atoms with E-state index in [-0.39, 0.29) is 6.61 Å². The lowest BCUT2D eigenvalue weighted by molar-refractivity contribution is -0.156. The molecular formula is C15H17BrO5. The van der Waals surface area contributed by atoms with Crippen LogP contribution in [-0.2, 0) is 20.9 Å². The number of esters is 1. The first-order valence-electron chi connectivity index (χ1n) is 6.59. The van der Waals surface area contributed by atoms with Crippen molar-refractivity contribution in [3.05, 3.63) is 34.8 Å². The van der Waals surface area contributed by atoms with Gasteiger partial charge in [0, 0.05) is 10.0 Å². The number of hydrogen-bond acceptors (Lipinski definition) is 5. The monoisotopic (exact) mass is 356 g/mol. The molecule has 1 aliphatic heterocycles. The van der Waals surface area contributed by atoms with Gasteiger partial charge in [-0.05, 0) is 19.1 Å². The van der Waals surface area contributed by atoms with Crippen molar-refractivity contribution >= 4 is 21.9 Å². The summed E-state index contributed by atoms with van der Waals surface area (Å²) in [4.78, 5) is 11.8. The fourth-order valence-electron chi connectivity index (χ4n) is 1.76. The fourth-order valence-corrected chi connectivity index (χ4v) is 2.20. The lowest BCUT2D eigenvalue weighted by atomic mass is 10.2. The zero-order valence-corrected chi connectivity index (χ0v) is 13.4. The quantitative estimate of drug-likeness (QED) is 0.579. The van der Waals surface area contributed by atoms with E-state index in [1.54, 1.807) is 19.1 Å². The molecule has 0 radical (unpaired) electrons. The fraction of sp³-hybridized carbons (Fsp3) is 0.400. The lowest BCUT2D eigenvalue weighted by Crippen LogP contribution is -2.23. The van der Waals surface area contributed by atoms with Crippen molar-refractivity contribution in [3.8, 4) is 11.5 Å². The Labute approximate surface area is 132 Å². The standard InChI is InChI=1S/C15H17BrO5/c1-3-4-18-10(2)15(17)21-9-11-7-13-14(8-12(11)16)20-6-5-19-13/h3,7-8,10H,1,4-6,9H2,2H3. The zero-order valence-electron chi connectivity index (χ0n) is 11.8. The summed E-state index contributed by atoms with van der Waals surface area (Å²) in [5, 5.41) is 0. The van der Waals surface area contributed by atoms with E-state index in [0.29, 0.717) is 31.3 Å². The zero-order chi connectivity index (χ0) is 15.2. The number of fused-ring (bicyclic) bond motifs is 1. The molecule has 0 saturated heterocycles. The molecule has 1 atom stereocenters. The van der Waals surface area contributed by atoms with Crippen molar-refractivity contribution in [2.45, 2.75) is 19.6 Å². The lowest BCUT2D eigenvalue weighted by Gasteiger charge is -2.20. The molecule has 1 aliphatic rings. The third-order valence-electron chi connectivity index (χ3n) is 2.88. The predicted molar refractivity (Wildman–Crippen MR) is 80.5 cm³/mol. The Balaban J connectivity index is 1.96. The summed E-state index contributed by atoms with van der Waals surface area (Å²) in [5.74, 6) is 0.927. The first kappa shape index (κ1) is 15.9. The average molecular weight is 357 g/mol. The van der Waals surface area contributed by atoms with E-state index in [2.05, 4.69) is 22.5 Å². The van der Waals surface area contributed by atoms with Crippen LogP contribution in [0.1, 0.15) is 12.5 Å². The highest BCUT2D eigenvalue weighted by Gasteiger charge is 2.18. The Bertz CT molecular complexity index is 529. The second-order valence-corrected chi connectivity index (χ2v) is 5.31. The van der Waals surface area contributed by atoms with Crippen molar-refractivity contribution in [3.63, 3.8) is 0 Å². The van der Waals surface area contributed by atoms with E-state index >= 15 is 0 Å². The van der Waals surface area contributed by atoms with Crippen LogP contribution in [0.4, 0.5) is 0 Å². The van der Waals surface area contributed by atoms with Crippen LogP contribution >= 0.6 is 15.9 Å². The van der Waals surface area contributed by atoms with E-state index in [4.69, 9.17) is 18.9 Å². The Morgan fingerprint density at radius 2 is 2.10 bits per heavy atom. The predicted octanol–water partition coefficient (Wildman–Crippen LogP) is 2.85. The van der Waals surface area contributed by atoms with Gasteiger partial charge < -0.3 is 18.9 Å². The van der Waals surface area contributed by atoms with E-state index in [1.807, 2.05) is 6.07 Å². The number of halogens is 1. The summed E-state index contributed by atoms with van der Waals surface area (Å²) < 4.78 is 22.2. The minimum absolute atomic E-state index is 0.137. The molecular weight excluding hydrogens is 340 g/mol. The number of carbonyl (C=O) groups is 1. The van der Waals surface area contributed by atoms with Gasteiger partial charge in [0.15, 0.2) is 17.6 Å². The normalized spacial score (nSPS) is 14.4. The first-order valence-corrected chi connectivity index (χ1v) is 7.38. The van der Waals surface area contributed by atoms with Crippen molar-refractivity contribution in [2.75, 3.05) is 19.8 Å². The first-order chi connectivity index (χ1) is 10.1. The second-order valence-electron chi connectivity index (χ2n) is 4.46. The van der Waals surface area contributed by atoms with Crippen molar-refractivity contribution in [2.24, 2.45) is 0 Å². The molecule has 2 rings (SSSR count). The van der Waals surface area contributed by atoms with Crippen molar-refractivity contribution < 1.29 is 23.7 Å². The van der Waals surface area contributed by atoms with Gasteiger partial charge in [0.05, 0.1) is 6.61 Å². The molecule has 1 aromatic carbocycles. The van der Waals surface area contributed by atoms with Gasteiger partial charge in [-0.3, -0.25) is 0 Å². The molecule has 21 heavy (non-hydrogen) atoms. The van der Waals surface area contributed by atoms with Crippen LogP contribution in [0.5, 0.6) is 11.5 Å². The van der Waals surface area contributed by atoms with Crippen LogP contribution in [0, 0.1) is 0 Å². The van der Waals surface area contributed by atoms with E-state index in [1.165, 1.54) is 0 Å². The van der Waals surface area contributed by atoms with Gasteiger partial charge in [-0.15, -0.1) is 6.58 Å². The van der Waals surface area contributed by atoms with Crippen molar-refractivity contribution in [1.29, 1.82) is 0 Å². The largest absolute Gasteiger partial charge is 0.486 e. The summed E-state index contributed by atoms with van der Waals surface area (Å²) >= 11 is 3.43.